The van der Waals surface area contributed by atoms with Gasteiger partial charge in [-0.1, -0.05) is 17.7 Å². The molecule has 118 valence electrons. The SMILES string of the molecule is O=c1n(CCOc2ccc([N+](=O)[O-])cc2Cl)nc2ccccn12. The first-order chi connectivity index (χ1) is 11.1. The Morgan fingerprint density at radius 1 is 1.30 bits per heavy atom. The second-order valence-electron chi connectivity index (χ2n) is 4.65. The van der Waals surface area contributed by atoms with E-state index in [0.717, 1.165) is 0 Å². The molecule has 0 amide bonds. The zero-order chi connectivity index (χ0) is 16.4. The number of rotatable bonds is 5. The van der Waals surface area contributed by atoms with Crippen molar-refractivity contribution in [2.24, 2.45) is 0 Å². The molecule has 0 unspecified atom stereocenters. The van der Waals surface area contributed by atoms with Crippen LogP contribution in [0.15, 0.2) is 47.4 Å². The molecule has 1 aromatic carbocycles. The minimum atomic E-state index is -0.536. The van der Waals surface area contributed by atoms with Crippen LogP contribution in [0, 0.1) is 10.1 Å². The quantitative estimate of drug-likeness (QED) is 0.526. The van der Waals surface area contributed by atoms with Crippen molar-refractivity contribution in [1.29, 1.82) is 0 Å². The summed E-state index contributed by atoms with van der Waals surface area (Å²) in [4.78, 5) is 22.2. The number of benzene rings is 1. The van der Waals surface area contributed by atoms with Crippen molar-refractivity contribution in [3.05, 3.63) is 68.2 Å². The summed E-state index contributed by atoms with van der Waals surface area (Å²) in [6.45, 7) is 0.384. The number of aromatic nitrogens is 3. The van der Waals surface area contributed by atoms with E-state index >= 15 is 0 Å². The van der Waals surface area contributed by atoms with Gasteiger partial charge < -0.3 is 4.74 Å². The van der Waals surface area contributed by atoms with E-state index < -0.39 is 4.92 Å². The van der Waals surface area contributed by atoms with E-state index in [9.17, 15) is 14.9 Å². The van der Waals surface area contributed by atoms with Crippen LogP contribution < -0.4 is 10.4 Å². The van der Waals surface area contributed by atoms with Gasteiger partial charge in [0.15, 0.2) is 5.65 Å². The molecule has 0 bridgehead atoms. The van der Waals surface area contributed by atoms with Crippen molar-refractivity contribution in [3.8, 4) is 5.75 Å². The first-order valence-corrected chi connectivity index (χ1v) is 7.05. The second-order valence-corrected chi connectivity index (χ2v) is 5.06. The highest BCUT2D eigenvalue weighted by molar-refractivity contribution is 6.32. The molecule has 0 saturated carbocycles. The van der Waals surface area contributed by atoms with Gasteiger partial charge in [0.2, 0.25) is 0 Å². The molecule has 8 nitrogen and oxygen atoms in total. The van der Waals surface area contributed by atoms with Gasteiger partial charge in [-0.25, -0.2) is 9.48 Å². The van der Waals surface area contributed by atoms with Gasteiger partial charge in [0.1, 0.15) is 12.4 Å². The average Bonchev–Trinajstić information content (AvgIpc) is 2.85. The third-order valence-corrected chi connectivity index (χ3v) is 3.47. The summed E-state index contributed by atoms with van der Waals surface area (Å²) in [5.41, 5.74) is 0.170. The number of fused-ring (bicyclic) bond motifs is 1. The third kappa shape index (κ3) is 3.02. The Hall–Kier alpha value is -2.87. The Bertz CT molecular complexity index is 934. The van der Waals surface area contributed by atoms with E-state index in [1.807, 2.05) is 0 Å². The lowest BCUT2D eigenvalue weighted by molar-refractivity contribution is -0.384. The number of halogens is 1. The second kappa shape index (κ2) is 6.09. The first-order valence-electron chi connectivity index (χ1n) is 6.67. The minimum absolute atomic E-state index is 0.112. The molecule has 0 aliphatic carbocycles. The lowest BCUT2D eigenvalue weighted by Crippen LogP contribution is -2.23. The Morgan fingerprint density at radius 3 is 2.83 bits per heavy atom. The number of non-ortho nitro benzene ring substituents is 1. The normalized spacial score (nSPS) is 10.8. The fourth-order valence-corrected chi connectivity index (χ4v) is 2.31. The third-order valence-electron chi connectivity index (χ3n) is 3.18. The van der Waals surface area contributed by atoms with Crippen molar-refractivity contribution in [2.45, 2.75) is 6.54 Å². The number of hydrogen-bond donors (Lipinski definition) is 0. The molecule has 0 aliphatic rings. The molecule has 0 fully saturated rings. The Kier molecular flexibility index (Phi) is 3.98. The van der Waals surface area contributed by atoms with Crippen molar-refractivity contribution in [1.82, 2.24) is 14.2 Å². The van der Waals surface area contributed by atoms with Gasteiger partial charge in [0, 0.05) is 18.3 Å². The smallest absolute Gasteiger partial charge is 0.350 e. The summed E-state index contributed by atoms with van der Waals surface area (Å²) in [5.74, 6) is 0.314. The maximum absolute atomic E-state index is 12.1. The van der Waals surface area contributed by atoms with E-state index in [0.29, 0.717) is 11.4 Å². The summed E-state index contributed by atoms with van der Waals surface area (Å²) in [7, 11) is 0. The molecular weight excluding hydrogens is 324 g/mol. The fourth-order valence-electron chi connectivity index (χ4n) is 2.08. The van der Waals surface area contributed by atoms with Gasteiger partial charge in [-0.05, 0) is 18.2 Å². The zero-order valence-corrected chi connectivity index (χ0v) is 12.5. The number of nitro groups is 1. The highest BCUT2D eigenvalue weighted by atomic mass is 35.5. The summed E-state index contributed by atoms with van der Waals surface area (Å²) >= 11 is 5.93. The number of nitrogens with zero attached hydrogens (tertiary/aromatic N) is 4. The lowest BCUT2D eigenvalue weighted by Gasteiger charge is -2.07. The number of nitro benzene ring substituents is 1. The zero-order valence-electron chi connectivity index (χ0n) is 11.8. The van der Waals surface area contributed by atoms with Crippen molar-refractivity contribution < 1.29 is 9.66 Å². The predicted octanol–water partition coefficient (Wildman–Crippen LogP) is 2.14. The molecule has 0 atom stereocenters. The van der Waals surface area contributed by atoms with E-state index in [1.54, 1.807) is 24.4 Å². The topological polar surface area (TPSA) is 91.7 Å². The van der Waals surface area contributed by atoms with Crippen LogP contribution >= 0.6 is 11.6 Å². The fraction of sp³-hybridized carbons (Fsp3) is 0.143. The maximum atomic E-state index is 12.1. The van der Waals surface area contributed by atoms with Gasteiger partial charge in [0.05, 0.1) is 16.5 Å². The van der Waals surface area contributed by atoms with Crippen molar-refractivity contribution >= 4 is 22.9 Å². The molecule has 3 rings (SSSR count). The van der Waals surface area contributed by atoms with Gasteiger partial charge >= 0.3 is 5.69 Å². The molecule has 2 aromatic heterocycles. The summed E-state index contributed by atoms with van der Waals surface area (Å²) < 4.78 is 8.18. The molecule has 0 saturated heterocycles. The standard InChI is InChI=1S/C14H11ClN4O4/c15-11-9-10(19(21)22)4-5-12(11)23-8-7-18-14(20)17-6-2-1-3-13(17)16-18/h1-6,9H,7-8H2. The largest absolute Gasteiger partial charge is 0.490 e. The average molecular weight is 335 g/mol. The molecule has 0 aliphatic heterocycles. The molecule has 0 N–H and O–H groups in total. The van der Waals surface area contributed by atoms with Gasteiger partial charge in [-0.3, -0.25) is 14.5 Å². The first kappa shape index (κ1) is 15.0. The van der Waals surface area contributed by atoms with E-state index in [1.165, 1.54) is 27.3 Å². The van der Waals surface area contributed by atoms with Crippen LogP contribution in [0.1, 0.15) is 0 Å². The molecule has 0 radical (unpaired) electrons. The van der Waals surface area contributed by atoms with E-state index in [-0.39, 0.29) is 29.6 Å². The predicted molar refractivity (Wildman–Crippen MR) is 83.1 cm³/mol. The number of ether oxygens (including phenoxy) is 1. The molecule has 9 heteroatoms. The Labute approximate surface area is 134 Å². The lowest BCUT2D eigenvalue weighted by atomic mass is 10.3. The van der Waals surface area contributed by atoms with Crippen LogP contribution in [0.4, 0.5) is 5.69 Å². The van der Waals surface area contributed by atoms with Crippen LogP contribution in [0.3, 0.4) is 0 Å². The summed E-state index contributed by atoms with van der Waals surface area (Å²) in [6, 6.07) is 9.21. The molecule has 0 spiro atoms. The van der Waals surface area contributed by atoms with Crippen LogP contribution in [0.25, 0.3) is 5.65 Å². The molecule has 3 aromatic rings. The van der Waals surface area contributed by atoms with Gasteiger partial charge in [-0.15, -0.1) is 5.10 Å². The maximum Gasteiger partial charge on any atom is 0.350 e. The van der Waals surface area contributed by atoms with Crippen LogP contribution in [0.5, 0.6) is 5.75 Å². The van der Waals surface area contributed by atoms with Crippen LogP contribution in [-0.2, 0) is 6.54 Å². The molecule has 23 heavy (non-hydrogen) atoms. The van der Waals surface area contributed by atoms with Gasteiger partial charge in [-0.2, -0.15) is 0 Å². The summed E-state index contributed by atoms with van der Waals surface area (Å²) in [6.07, 6.45) is 1.63. The van der Waals surface area contributed by atoms with Crippen molar-refractivity contribution in [3.63, 3.8) is 0 Å². The van der Waals surface area contributed by atoms with E-state index in [2.05, 4.69) is 5.10 Å². The van der Waals surface area contributed by atoms with Crippen LogP contribution in [0.2, 0.25) is 5.02 Å². The minimum Gasteiger partial charge on any atom is -0.490 e. The molecule has 2 heterocycles. The number of pyridine rings is 1. The Balaban J connectivity index is 1.70. The monoisotopic (exact) mass is 334 g/mol. The van der Waals surface area contributed by atoms with Crippen LogP contribution in [-0.4, -0.2) is 25.7 Å². The summed E-state index contributed by atoms with van der Waals surface area (Å²) in [5, 5.41) is 15.0. The Morgan fingerprint density at radius 2 is 2.13 bits per heavy atom. The highest BCUT2D eigenvalue weighted by Gasteiger charge is 2.11. The van der Waals surface area contributed by atoms with Gasteiger partial charge in [0.25, 0.3) is 5.69 Å². The van der Waals surface area contributed by atoms with E-state index in [4.69, 9.17) is 16.3 Å². The van der Waals surface area contributed by atoms with Crippen molar-refractivity contribution in [2.75, 3.05) is 6.61 Å². The molecular formula is C14H11ClN4O4. The highest BCUT2D eigenvalue weighted by Crippen LogP contribution is 2.28. The number of hydrogen-bond acceptors (Lipinski definition) is 5.